The molecule has 7 heteroatoms. The number of anilines is 1. The second kappa shape index (κ2) is 7.23. The Hall–Kier alpha value is -2.67. The van der Waals surface area contributed by atoms with Gasteiger partial charge in [-0.05, 0) is 39.8 Å². The molecule has 5 atom stereocenters. The highest BCUT2D eigenvalue weighted by molar-refractivity contribution is 6.05. The number of fused-ring (bicyclic) bond motifs is 5. The summed E-state index contributed by atoms with van der Waals surface area (Å²) in [5.74, 6) is -1.87. The predicted octanol–water partition coefficient (Wildman–Crippen LogP) is 1.65. The molecule has 4 rings (SSSR count). The van der Waals surface area contributed by atoms with Gasteiger partial charge in [0.05, 0.1) is 30.6 Å². The number of hydrogen-bond donors (Lipinski definition) is 1. The van der Waals surface area contributed by atoms with Crippen LogP contribution in [0.15, 0.2) is 36.4 Å². The third kappa shape index (κ3) is 3.51. The molecule has 3 heterocycles. The monoisotopic (exact) mass is 411 g/mol. The molecule has 0 aliphatic carbocycles. The van der Waals surface area contributed by atoms with Gasteiger partial charge in [-0.3, -0.25) is 19.3 Å². The van der Waals surface area contributed by atoms with Crippen LogP contribution in [0.5, 0.6) is 0 Å². The number of likely N-dealkylation sites (N-methyl/N-ethyl adjacent to an activating group) is 1. The molecule has 0 saturated carbocycles. The SMILES string of the molecule is Cc1ccc(N2C(=O)C3C(C(=O)N(C)CC2C(=O)NC(C)(C)C)C2C=C[C@H]3O2)cc1. The lowest BCUT2D eigenvalue weighted by Gasteiger charge is -2.41. The van der Waals surface area contributed by atoms with Gasteiger partial charge in [0.1, 0.15) is 6.04 Å². The van der Waals surface area contributed by atoms with Gasteiger partial charge in [-0.25, -0.2) is 0 Å². The Bertz CT molecular complexity index is 902. The molecule has 2 saturated heterocycles. The highest BCUT2D eigenvalue weighted by Crippen LogP contribution is 2.43. The van der Waals surface area contributed by atoms with Gasteiger partial charge in [0.25, 0.3) is 0 Å². The van der Waals surface area contributed by atoms with E-state index < -0.39 is 35.6 Å². The number of nitrogens with one attached hydrogen (secondary N) is 1. The van der Waals surface area contributed by atoms with Crippen LogP contribution in [0.25, 0.3) is 0 Å². The first-order valence-electron chi connectivity index (χ1n) is 10.4. The van der Waals surface area contributed by atoms with E-state index in [1.807, 2.05) is 64.1 Å². The van der Waals surface area contributed by atoms with Gasteiger partial charge in [0.15, 0.2) is 0 Å². The minimum Gasteiger partial charge on any atom is -0.365 e. The van der Waals surface area contributed by atoms with E-state index in [0.29, 0.717) is 5.69 Å². The van der Waals surface area contributed by atoms with Gasteiger partial charge in [-0.2, -0.15) is 0 Å². The van der Waals surface area contributed by atoms with E-state index >= 15 is 0 Å². The molecule has 0 radical (unpaired) electrons. The van der Waals surface area contributed by atoms with Crippen molar-refractivity contribution in [1.29, 1.82) is 0 Å². The van der Waals surface area contributed by atoms with Crippen LogP contribution in [0.4, 0.5) is 5.69 Å². The number of nitrogens with zero attached hydrogens (tertiary/aromatic N) is 2. The molecule has 4 unspecified atom stereocenters. The van der Waals surface area contributed by atoms with Gasteiger partial charge in [-0.1, -0.05) is 29.8 Å². The lowest BCUT2D eigenvalue weighted by Crippen LogP contribution is -2.63. The van der Waals surface area contributed by atoms with Gasteiger partial charge in [-0.15, -0.1) is 0 Å². The quantitative estimate of drug-likeness (QED) is 0.751. The third-order valence-corrected chi connectivity index (χ3v) is 5.95. The first-order valence-corrected chi connectivity index (χ1v) is 10.4. The average molecular weight is 412 g/mol. The lowest BCUT2D eigenvalue weighted by molar-refractivity contribution is -0.143. The molecule has 30 heavy (non-hydrogen) atoms. The van der Waals surface area contributed by atoms with Crippen molar-refractivity contribution < 1.29 is 19.1 Å². The molecule has 7 nitrogen and oxygen atoms in total. The van der Waals surface area contributed by atoms with Gasteiger partial charge < -0.3 is 15.0 Å². The first-order chi connectivity index (χ1) is 14.1. The van der Waals surface area contributed by atoms with E-state index in [4.69, 9.17) is 4.74 Å². The van der Waals surface area contributed by atoms with E-state index in [0.717, 1.165) is 5.56 Å². The van der Waals surface area contributed by atoms with Crippen molar-refractivity contribution in [2.45, 2.75) is 51.5 Å². The number of aryl methyl sites for hydroxylation is 1. The number of carbonyl (C=O) groups is 3. The fourth-order valence-corrected chi connectivity index (χ4v) is 4.56. The summed E-state index contributed by atoms with van der Waals surface area (Å²) in [6, 6.07) is 6.71. The summed E-state index contributed by atoms with van der Waals surface area (Å²) in [6.07, 6.45) is 2.89. The van der Waals surface area contributed by atoms with Crippen LogP contribution in [0.1, 0.15) is 26.3 Å². The standard InChI is InChI=1S/C23H29N3O4/c1-13-6-8-14(9-7-13)26-15(20(27)24-23(2,3)4)12-25(5)21(28)18-16-10-11-17(30-16)19(18)22(26)29/h6-11,15-19H,12H2,1-5H3,(H,24,27)/t15?,16?,17-,18?,19?/m1/s1. The Balaban J connectivity index is 1.80. The van der Waals surface area contributed by atoms with E-state index in [9.17, 15) is 14.4 Å². The first kappa shape index (κ1) is 20.6. The van der Waals surface area contributed by atoms with E-state index in [2.05, 4.69) is 5.32 Å². The molecule has 160 valence electrons. The topological polar surface area (TPSA) is 79.0 Å². The van der Waals surface area contributed by atoms with Crippen molar-refractivity contribution in [3.05, 3.63) is 42.0 Å². The fraction of sp³-hybridized carbons (Fsp3) is 0.522. The van der Waals surface area contributed by atoms with Crippen molar-refractivity contribution in [1.82, 2.24) is 10.2 Å². The van der Waals surface area contributed by atoms with Crippen LogP contribution >= 0.6 is 0 Å². The van der Waals surface area contributed by atoms with Crippen LogP contribution in [-0.2, 0) is 19.1 Å². The van der Waals surface area contributed by atoms with Crippen LogP contribution in [-0.4, -0.2) is 60.0 Å². The summed E-state index contributed by atoms with van der Waals surface area (Å²) in [4.78, 5) is 43.4. The molecule has 0 aromatic heterocycles. The summed E-state index contributed by atoms with van der Waals surface area (Å²) in [5, 5.41) is 2.98. The minimum absolute atomic E-state index is 0.116. The maximum absolute atomic E-state index is 13.8. The number of amides is 3. The molecule has 1 aromatic rings. The highest BCUT2D eigenvalue weighted by Gasteiger charge is 2.57. The third-order valence-electron chi connectivity index (χ3n) is 5.95. The molecule has 2 fully saturated rings. The number of benzene rings is 1. The van der Waals surface area contributed by atoms with Crippen molar-refractivity contribution in [2.75, 3.05) is 18.5 Å². The zero-order valence-electron chi connectivity index (χ0n) is 18.1. The number of rotatable bonds is 2. The van der Waals surface area contributed by atoms with Gasteiger partial charge in [0, 0.05) is 18.3 Å². The van der Waals surface area contributed by atoms with Crippen LogP contribution in [0.3, 0.4) is 0 Å². The minimum atomic E-state index is -0.836. The van der Waals surface area contributed by atoms with E-state index in [-0.39, 0.29) is 24.3 Å². The van der Waals surface area contributed by atoms with Crippen molar-refractivity contribution in [2.24, 2.45) is 11.8 Å². The Morgan fingerprint density at radius 3 is 2.17 bits per heavy atom. The number of hydrogen-bond acceptors (Lipinski definition) is 4. The molecule has 0 spiro atoms. The Labute approximate surface area is 177 Å². The lowest BCUT2D eigenvalue weighted by atomic mass is 9.80. The molecule has 2 bridgehead atoms. The predicted molar refractivity (Wildman–Crippen MR) is 113 cm³/mol. The molecule has 3 aliphatic heterocycles. The normalized spacial score (nSPS) is 30.9. The summed E-state index contributed by atoms with van der Waals surface area (Å²) in [6.45, 7) is 7.77. The fourth-order valence-electron chi connectivity index (χ4n) is 4.56. The molecule has 1 N–H and O–H groups in total. The maximum atomic E-state index is 13.8. The average Bonchev–Trinajstić information content (AvgIpc) is 3.27. The molecule has 3 aliphatic rings. The summed E-state index contributed by atoms with van der Waals surface area (Å²) >= 11 is 0. The Morgan fingerprint density at radius 1 is 1.03 bits per heavy atom. The molecular weight excluding hydrogens is 382 g/mol. The van der Waals surface area contributed by atoms with Crippen LogP contribution in [0, 0.1) is 18.8 Å². The van der Waals surface area contributed by atoms with Crippen molar-refractivity contribution >= 4 is 23.4 Å². The largest absolute Gasteiger partial charge is 0.365 e. The Kier molecular flexibility index (Phi) is 4.97. The highest BCUT2D eigenvalue weighted by atomic mass is 16.5. The van der Waals surface area contributed by atoms with Crippen molar-refractivity contribution in [3.63, 3.8) is 0 Å². The Morgan fingerprint density at radius 2 is 1.60 bits per heavy atom. The zero-order valence-corrected chi connectivity index (χ0v) is 18.1. The molecule has 3 amide bonds. The second-order valence-electron chi connectivity index (χ2n) is 9.52. The maximum Gasteiger partial charge on any atom is 0.245 e. The van der Waals surface area contributed by atoms with Crippen molar-refractivity contribution in [3.8, 4) is 0 Å². The summed E-state index contributed by atoms with van der Waals surface area (Å²) in [7, 11) is 1.69. The van der Waals surface area contributed by atoms with Gasteiger partial charge in [0.2, 0.25) is 17.7 Å². The van der Waals surface area contributed by atoms with Gasteiger partial charge >= 0.3 is 0 Å². The van der Waals surface area contributed by atoms with Crippen LogP contribution in [0.2, 0.25) is 0 Å². The molecule has 1 aromatic carbocycles. The number of carbonyl (C=O) groups excluding carboxylic acids is 3. The summed E-state index contributed by atoms with van der Waals surface area (Å²) in [5.41, 5.74) is 1.24. The van der Waals surface area contributed by atoms with E-state index in [1.165, 1.54) is 0 Å². The van der Waals surface area contributed by atoms with Crippen LogP contribution < -0.4 is 10.2 Å². The zero-order chi connectivity index (χ0) is 21.8. The number of ether oxygens (including phenoxy) is 1. The summed E-state index contributed by atoms with van der Waals surface area (Å²) < 4.78 is 5.89. The molecular formula is C23H29N3O4. The van der Waals surface area contributed by atoms with E-state index in [1.54, 1.807) is 16.8 Å². The second-order valence-corrected chi connectivity index (χ2v) is 9.52. The smallest absolute Gasteiger partial charge is 0.245 e.